The molecule has 1 heterocycles. The van der Waals surface area contributed by atoms with E-state index in [0.717, 1.165) is 0 Å². The predicted octanol–water partition coefficient (Wildman–Crippen LogP) is -0.262. The van der Waals surface area contributed by atoms with Crippen molar-refractivity contribution in [2.45, 2.75) is 5.75 Å². The zero-order valence-corrected chi connectivity index (χ0v) is 11.2. The van der Waals surface area contributed by atoms with Crippen molar-refractivity contribution < 1.29 is 4.99 Å². The Labute approximate surface area is 114 Å². The van der Waals surface area contributed by atoms with Gasteiger partial charge in [0.25, 0.3) is 5.56 Å². The van der Waals surface area contributed by atoms with E-state index in [1.54, 1.807) is 12.1 Å². The first-order valence-corrected chi connectivity index (χ1v) is 6.77. The Bertz CT molecular complexity index is 678. The minimum atomic E-state index is -0.126. The van der Waals surface area contributed by atoms with Crippen LogP contribution in [0, 0.1) is 0 Å². The lowest BCUT2D eigenvalue weighted by Gasteiger charge is -2.01. The van der Waals surface area contributed by atoms with Crippen molar-refractivity contribution >= 4 is 27.8 Å². The first-order valence-electron chi connectivity index (χ1n) is 5.78. The average molecular weight is 275 g/mol. The van der Waals surface area contributed by atoms with E-state index in [4.69, 9.17) is 5.73 Å². The fourth-order valence-corrected chi connectivity index (χ4v) is 2.19. The second-order valence-corrected chi connectivity index (χ2v) is 4.87. The molecule has 4 N–H and O–H groups in total. The number of rotatable bonds is 4. The summed E-state index contributed by atoms with van der Waals surface area (Å²) in [6, 6.07) is 7.25. The van der Waals surface area contributed by atoms with E-state index in [1.165, 1.54) is 11.8 Å². The summed E-state index contributed by atoms with van der Waals surface area (Å²) in [7, 11) is 0. The van der Waals surface area contributed by atoms with E-state index in [2.05, 4.69) is 21.5 Å². The van der Waals surface area contributed by atoms with Crippen LogP contribution in [0.15, 0.2) is 41.7 Å². The fourth-order valence-electron chi connectivity index (χ4n) is 1.57. The molecule has 0 saturated heterocycles. The topological polar surface area (TPSA) is 85.7 Å². The van der Waals surface area contributed by atoms with Crippen LogP contribution >= 0.6 is 11.8 Å². The van der Waals surface area contributed by atoms with Crippen molar-refractivity contribution in [2.24, 2.45) is 5.73 Å². The zero-order valence-electron chi connectivity index (χ0n) is 10.3. The standard InChI is InChI=1S/C13H14N4OS/c1-2-7-15-13(14)19-8-11-16-10-6-4-3-5-9(10)12(18)17-11/h2-6H,1,7-8H2,(H2,14,15)(H,16,17,18)/p+1. The number of benzene rings is 1. The minimum Gasteiger partial charge on any atom is -0.309 e. The predicted molar refractivity (Wildman–Crippen MR) is 78.9 cm³/mol. The van der Waals surface area contributed by atoms with Gasteiger partial charge in [-0.1, -0.05) is 24.8 Å². The maximum absolute atomic E-state index is 11.8. The third-order valence-corrected chi connectivity index (χ3v) is 3.32. The number of amidine groups is 1. The van der Waals surface area contributed by atoms with Crippen molar-refractivity contribution in [3.8, 4) is 0 Å². The van der Waals surface area contributed by atoms with Crippen LogP contribution in [-0.2, 0) is 5.75 Å². The maximum Gasteiger partial charge on any atom is 0.302 e. The number of H-pyrrole nitrogens is 1. The summed E-state index contributed by atoms with van der Waals surface area (Å²) in [5.74, 6) is 1.12. The molecule has 6 heteroatoms. The SMILES string of the molecule is C=CC[NH+]=C(N)SCc1nc2ccccc2c(=O)[nH]1. The van der Waals surface area contributed by atoms with Crippen LogP contribution < -0.4 is 16.3 Å². The molecule has 1 aromatic carbocycles. The van der Waals surface area contributed by atoms with Crippen molar-refractivity contribution in [1.82, 2.24) is 9.97 Å². The zero-order chi connectivity index (χ0) is 13.7. The summed E-state index contributed by atoms with van der Waals surface area (Å²) in [5.41, 5.74) is 6.33. The first kappa shape index (κ1) is 13.4. The molecule has 0 bridgehead atoms. The van der Waals surface area contributed by atoms with E-state index in [1.807, 2.05) is 18.2 Å². The van der Waals surface area contributed by atoms with Crippen molar-refractivity contribution in [3.63, 3.8) is 0 Å². The number of fused-ring (bicyclic) bond motifs is 1. The molecule has 0 aliphatic heterocycles. The van der Waals surface area contributed by atoms with Crippen LogP contribution in [-0.4, -0.2) is 21.7 Å². The lowest BCUT2D eigenvalue weighted by atomic mass is 10.2. The summed E-state index contributed by atoms with van der Waals surface area (Å²) in [6.45, 7) is 4.21. The molecule has 98 valence electrons. The van der Waals surface area contributed by atoms with Crippen LogP contribution in [0.5, 0.6) is 0 Å². The van der Waals surface area contributed by atoms with Crippen molar-refractivity contribution in [1.29, 1.82) is 0 Å². The Morgan fingerprint density at radius 2 is 2.32 bits per heavy atom. The first-order chi connectivity index (χ1) is 9.20. The van der Waals surface area contributed by atoms with E-state index >= 15 is 0 Å². The molecular weight excluding hydrogens is 260 g/mol. The van der Waals surface area contributed by atoms with Crippen molar-refractivity contribution in [3.05, 3.63) is 53.1 Å². The van der Waals surface area contributed by atoms with Gasteiger partial charge < -0.3 is 4.98 Å². The van der Waals surface area contributed by atoms with Gasteiger partial charge in [-0.2, -0.15) is 0 Å². The highest BCUT2D eigenvalue weighted by atomic mass is 32.2. The van der Waals surface area contributed by atoms with Crippen LogP contribution in [0.3, 0.4) is 0 Å². The van der Waals surface area contributed by atoms with Gasteiger partial charge in [0.15, 0.2) is 0 Å². The quantitative estimate of drug-likeness (QED) is 0.407. The number of thioether (sulfide) groups is 1. The number of hydrogen-bond donors (Lipinski definition) is 3. The largest absolute Gasteiger partial charge is 0.309 e. The maximum atomic E-state index is 11.8. The molecule has 5 nitrogen and oxygen atoms in total. The Kier molecular flexibility index (Phi) is 4.35. The van der Waals surface area contributed by atoms with Gasteiger partial charge in [0.1, 0.15) is 12.4 Å². The molecule has 0 amide bonds. The molecular formula is C13H15N4OS+. The number of hydrogen-bond acceptors (Lipinski definition) is 3. The molecule has 2 aromatic rings. The van der Waals surface area contributed by atoms with E-state index in [0.29, 0.717) is 34.2 Å². The molecule has 0 aliphatic carbocycles. The van der Waals surface area contributed by atoms with E-state index in [-0.39, 0.29) is 5.56 Å². The second-order valence-electron chi connectivity index (χ2n) is 3.85. The van der Waals surface area contributed by atoms with Gasteiger partial charge in [0.2, 0.25) is 0 Å². The highest BCUT2D eigenvalue weighted by Gasteiger charge is 2.06. The lowest BCUT2D eigenvalue weighted by molar-refractivity contribution is -0.442. The smallest absolute Gasteiger partial charge is 0.302 e. The molecule has 0 fully saturated rings. The Morgan fingerprint density at radius 1 is 1.53 bits per heavy atom. The third kappa shape index (κ3) is 3.45. The van der Waals surface area contributed by atoms with Gasteiger partial charge in [-0.05, 0) is 23.9 Å². The third-order valence-electron chi connectivity index (χ3n) is 2.45. The summed E-state index contributed by atoms with van der Waals surface area (Å²) < 4.78 is 0. The molecule has 0 aliphatic rings. The van der Waals surface area contributed by atoms with Gasteiger partial charge in [-0.15, -0.1) is 0 Å². The number of para-hydroxylation sites is 1. The van der Waals surface area contributed by atoms with Gasteiger partial charge in [0.05, 0.1) is 16.7 Å². The summed E-state index contributed by atoms with van der Waals surface area (Å²) in [5, 5.41) is 1.17. The summed E-state index contributed by atoms with van der Waals surface area (Å²) in [4.78, 5) is 22.0. The molecule has 0 atom stereocenters. The number of nitrogens with one attached hydrogen (secondary N) is 2. The molecule has 0 radical (unpaired) electrons. The van der Waals surface area contributed by atoms with Crippen LogP contribution in [0.25, 0.3) is 10.9 Å². The molecule has 2 rings (SSSR count). The molecule has 0 saturated carbocycles. The summed E-state index contributed by atoms with van der Waals surface area (Å²) >= 11 is 1.39. The van der Waals surface area contributed by atoms with Crippen LogP contribution in [0.1, 0.15) is 5.82 Å². The molecule has 0 spiro atoms. The van der Waals surface area contributed by atoms with Crippen LogP contribution in [0.2, 0.25) is 0 Å². The molecule has 19 heavy (non-hydrogen) atoms. The van der Waals surface area contributed by atoms with Gasteiger partial charge in [0, 0.05) is 0 Å². The number of aromatic nitrogens is 2. The van der Waals surface area contributed by atoms with Crippen LogP contribution in [0.4, 0.5) is 0 Å². The summed E-state index contributed by atoms with van der Waals surface area (Å²) in [6.07, 6.45) is 1.73. The monoisotopic (exact) mass is 275 g/mol. The second kappa shape index (κ2) is 6.19. The Hall–Kier alpha value is -2.08. The van der Waals surface area contributed by atoms with E-state index < -0.39 is 0 Å². The van der Waals surface area contributed by atoms with E-state index in [9.17, 15) is 4.79 Å². The van der Waals surface area contributed by atoms with Gasteiger partial charge >= 0.3 is 5.17 Å². The number of aromatic amines is 1. The molecule has 0 unspecified atom stereocenters. The Balaban J connectivity index is 2.18. The highest BCUT2D eigenvalue weighted by Crippen LogP contribution is 2.09. The van der Waals surface area contributed by atoms with Crippen molar-refractivity contribution in [2.75, 3.05) is 6.54 Å². The molecule has 1 aromatic heterocycles. The van der Waals surface area contributed by atoms with Gasteiger partial charge in [-0.3, -0.25) is 15.5 Å². The highest BCUT2D eigenvalue weighted by molar-refractivity contribution is 8.12. The van der Waals surface area contributed by atoms with Gasteiger partial charge in [-0.25, -0.2) is 4.98 Å². The lowest BCUT2D eigenvalue weighted by Crippen LogP contribution is -2.74. The number of nitrogens with zero attached hydrogens (tertiary/aromatic N) is 1. The Morgan fingerprint density at radius 3 is 3.11 bits per heavy atom. The average Bonchev–Trinajstić information content (AvgIpc) is 2.43. The normalized spacial score (nSPS) is 11.7. The fraction of sp³-hybridized carbons (Fsp3) is 0.154. The number of nitrogens with two attached hydrogens (primary N) is 1. The minimum absolute atomic E-state index is 0.126.